The number of nitrogens with one attached hydrogen (secondary N) is 1. The lowest BCUT2D eigenvalue weighted by Gasteiger charge is -2.22. The molecular weight excluding hydrogens is 533 g/mol. The number of benzene rings is 2. The van der Waals surface area contributed by atoms with Crippen molar-refractivity contribution in [1.29, 1.82) is 0 Å². The molecule has 2 aromatic carbocycles. The zero-order valence-corrected chi connectivity index (χ0v) is 22.1. The second-order valence-electron chi connectivity index (χ2n) is 7.83. The first kappa shape index (κ1) is 27.2. The monoisotopic (exact) mass is 569 g/mol. The zero-order valence-electron chi connectivity index (χ0n) is 19.8. The van der Waals surface area contributed by atoms with Crippen LogP contribution >= 0.6 is 24.0 Å². The van der Waals surface area contributed by atoms with Crippen LogP contribution in [-0.2, 0) is 22.6 Å². The Morgan fingerprint density at radius 3 is 2.61 bits per heavy atom. The van der Waals surface area contributed by atoms with Crippen LogP contribution in [0.25, 0.3) is 0 Å². The van der Waals surface area contributed by atoms with Crippen LogP contribution in [-0.4, -0.2) is 65.0 Å². The standard InChI is InChI=1S/C25H35N3O4.HI/c1-26-25(28-12-11-22(17-28)18-31-14-13-29-2)27-16-21-9-10-23(24(15-21)30-3)32-19-20-7-5-4-6-8-20;/h4-10,15,22H,11-14,16-19H2,1-3H3,(H,26,27);1H. The van der Waals surface area contributed by atoms with E-state index in [9.17, 15) is 0 Å². The maximum absolute atomic E-state index is 5.96. The number of aliphatic imine (C=N–C) groups is 1. The third-order valence-corrected chi connectivity index (χ3v) is 5.50. The van der Waals surface area contributed by atoms with Gasteiger partial charge in [0.15, 0.2) is 17.5 Å². The zero-order chi connectivity index (χ0) is 22.6. The Balaban J connectivity index is 0.00000385. The van der Waals surface area contributed by atoms with Crippen molar-refractivity contribution in [3.8, 4) is 11.5 Å². The van der Waals surface area contributed by atoms with Gasteiger partial charge in [-0.3, -0.25) is 4.99 Å². The molecule has 0 aromatic heterocycles. The lowest BCUT2D eigenvalue weighted by Crippen LogP contribution is -2.39. The van der Waals surface area contributed by atoms with Crippen molar-refractivity contribution in [3.63, 3.8) is 0 Å². The maximum Gasteiger partial charge on any atom is 0.193 e. The van der Waals surface area contributed by atoms with Crippen molar-refractivity contribution in [2.24, 2.45) is 10.9 Å². The number of halogens is 1. The first-order valence-electron chi connectivity index (χ1n) is 11.1. The van der Waals surface area contributed by atoms with Crippen LogP contribution in [0.4, 0.5) is 0 Å². The highest BCUT2D eigenvalue weighted by molar-refractivity contribution is 14.0. The molecule has 1 N–H and O–H groups in total. The van der Waals surface area contributed by atoms with Gasteiger partial charge < -0.3 is 29.2 Å². The van der Waals surface area contributed by atoms with E-state index in [1.54, 1.807) is 14.2 Å². The van der Waals surface area contributed by atoms with Gasteiger partial charge in [0.05, 0.1) is 26.9 Å². The first-order chi connectivity index (χ1) is 15.7. The van der Waals surface area contributed by atoms with E-state index in [4.69, 9.17) is 18.9 Å². The van der Waals surface area contributed by atoms with E-state index >= 15 is 0 Å². The van der Waals surface area contributed by atoms with E-state index in [-0.39, 0.29) is 24.0 Å². The lowest BCUT2D eigenvalue weighted by molar-refractivity contribution is 0.0536. The van der Waals surface area contributed by atoms with Crippen LogP contribution in [0.15, 0.2) is 53.5 Å². The number of hydrogen-bond acceptors (Lipinski definition) is 5. The molecule has 0 aliphatic carbocycles. The molecule has 1 atom stereocenters. The molecular formula is C25H36IN3O4. The Labute approximate surface area is 214 Å². The largest absolute Gasteiger partial charge is 0.493 e. The van der Waals surface area contributed by atoms with Crippen LogP contribution in [0.2, 0.25) is 0 Å². The van der Waals surface area contributed by atoms with Crippen LogP contribution in [0.1, 0.15) is 17.5 Å². The summed E-state index contributed by atoms with van der Waals surface area (Å²) in [5.74, 6) is 2.89. The molecule has 1 aliphatic heterocycles. The van der Waals surface area contributed by atoms with Crippen molar-refractivity contribution in [2.45, 2.75) is 19.6 Å². The number of hydrogen-bond donors (Lipinski definition) is 1. The number of rotatable bonds is 11. The van der Waals surface area contributed by atoms with E-state index < -0.39 is 0 Å². The SMILES string of the molecule is CN=C(NCc1ccc(OCc2ccccc2)c(OC)c1)N1CCC(COCCOC)C1.I. The summed E-state index contributed by atoms with van der Waals surface area (Å²) in [5.41, 5.74) is 2.23. The van der Waals surface area contributed by atoms with Gasteiger partial charge in [-0.05, 0) is 29.7 Å². The average molecular weight is 569 g/mol. The molecule has 1 heterocycles. The molecule has 1 unspecified atom stereocenters. The highest BCUT2D eigenvalue weighted by atomic mass is 127. The number of nitrogens with zero attached hydrogens (tertiary/aromatic N) is 2. The molecule has 0 amide bonds. The highest BCUT2D eigenvalue weighted by Gasteiger charge is 2.25. The van der Waals surface area contributed by atoms with Crippen LogP contribution in [0.5, 0.6) is 11.5 Å². The summed E-state index contributed by atoms with van der Waals surface area (Å²) in [7, 11) is 5.18. The third kappa shape index (κ3) is 8.68. The van der Waals surface area contributed by atoms with Crippen molar-refractivity contribution >= 4 is 29.9 Å². The molecule has 0 bridgehead atoms. The van der Waals surface area contributed by atoms with Crippen molar-refractivity contribution in [2.75, 3.05) is 54.2 Å². The summed E-state index contributed by atoms with van der Waals surface area (Å²) in [5, 5.41) is 3.47. The summed E-state index contributed by atoms with van der Waals surface area (Å²) >= 11 is 0. The highest BCUT2D eigenvalue weighted by Crippen LogP contribution is 2.29. The molecule has 182 valence electrons. The molecule has 0 saturated carbocycles. The molecule has 3 rings (SSSR count). The predicted molar refractivity (Wildman–Crippen MR) is 142 cm³/mol. The van der Waals surface area contributed by atoms with Crippen molar-refractivity contribution in [1.82, 2.24) is 10.2 Å². The van der Waals surface area contributed by atoms with Gasteiger partial charge in [-0.25, -0.2) is 0 Å². The molecule has 33 heavy (non-hydrogen) atoms. The summed E-state index contributed by atoms with van der Waals surface area (Å²) in [6, 6.07) is 16.1. The fourth-order valence-electron chi connectivity index (χ4n) is 3.74. The number of likely N-dealkylation sites (tertiary alicyclic amines) is 1. The van der Waals surface area contributed by atoms with E-state index in [1.165, 1.54) is 0 Å². The molecule has 7 nitrogen and oxygen atoms in total. The van der Waals surface area contributed by atoms with Crippen LogP contribution in [0, 0.1) is 5.92 Å². The summed E-state index contributed by atoms with van der Waals surface area (Å²) in [4.78, 5) is 6.76. The van der Waals surface area contributed by atoms with Gasteiger partial charge in [0.2, 0.25) is 0 Å². The summed E-state index contributed by atoms with van der Waals surface area (Å²) in [6.45, 7) is 5.14. The van der Waals surface area contributed by atoms with Crippen LogP contribution in [0.3, 0.4) is 0 Å². The van der Waals surface area contributed by atoms with Crippen molar-refractivity contribution < 1.29 is 18.9 Å². The minimum absolute atomic E-state index is 0. The van der Waals surface area contributed by atoms with Gasteiger partial charge in [0, 0.05) is 39.7 Å². The van der Waals surface area contributed by atoms with E-state index in [0.717, 1.165) is 54.7 Å². The number of guanidine groups is 1. The molecule has 8 heteroatoms. The van der Waals surface area contributed by atoms with E-state index in [0.29, 0.717) is 32.3 Å². The summed E-state index contributed by atoms with van der Waals surface area (Å²) in [6.07, 6.45) is 1.11. The second kappa shape index (κ2) is 15.0. The first-order valence-corrected chi connectivity index (χ1v) is 11.1. The van der Waals surface area contributed by atoms with Gasteiger partial charge in [-0.1, -0.05) is 36.4 Å². The summed E-state index contributed by atoms with van der Waals surface area (Å²) < 4.78 is 22.2. The van der Waals surface area contributed by atoms with Gasteiger partial charge >= 0.3 is 0 Å². The normalized spacial score (nSPS) is 15.8. The third-order valence-electron chi connectivity index (χ3n) is 5.50. The fraction of sp³-hybridized carbons (Fsp3) is 0.480. The van der Waals surface area contributed by atoms with E-state index in [1.807, 2.05) is 49.5 Å². The number of methoxy groups -OCH3 is 2. The van der Waals surface area contributed by atoms with Crippen molar-refractivity contribution in [3.05, 3.63) is 59.7 Å². The molecule has 0 spiro atoms. The fourth-order valence-corrected chi connectivity index (χ4v) is 3.74. The molecule has 1 fully saturated rings. The van der Waals surface area contributed by atoms with Gasteiger partial charge in [0.1, 0.15) is 6.61 Å². The molecule has 1 saturated heterocycles. The van der Waals surface area contributed by atoms with E-state index in [2.05, 4.69) is 21.3 Å². The molecule has 1 aliphatic rings. The Kier molecular flexibility index (Phi) is 12.3. The molecule has 2 aromatic rings. The quantitative estimate of drug-likeness (QED) is 0.192. The maximum atomic E-state index is 5.96. The Hall–Kier alpha value is -2.04. The Morgan fingerprint density at radius 1 is 1.06 bits per heavy atom. The molecule has 0 radical (unpaired) electrons. The smallest absolute Gasteiger partial charge is 0.193 e. The minimum Gasteiger partial charge on any atom is -0.493 e. The topological polar surface area (TPSA) is 64.6 Å². The van der Waals surface area contributed by atoms with Crippen LogP contribution < -0.4 is 14.8 Å². The van der Waals surface area contributed by atoms with Gasteiger partial charge in [-0.15, -0.1) is 24.0 Å². The lowest BCUT2D eigenvalue weighted by atomic mass is 10.1. The number of ether oxygens (including phenoxy) is 4. The van der Waals surface area contributed by atoms with Gasteiger partial charge in [-0.2, -0.15) is 0 Å². The second-order valence-corrected chi connectivity index (χ2v) is 7.83. The Morgan fingerprint density at radius 2 is 1.88 bits per heavy atom. The minimum atomic E-state index is 0. The average Bonchev–Trinajstić information content (AvgIpc) is 3.30. The van der Waals surface area contributed by atoms with Gasteiger partial charge in [0.25, 0.3) is 0 Å². The Bertz CT molecular complexity index is 851. The predicted octanol–water partition coefficient (Wildman–Crippen LogP) is 3.95.